The van der Waals surface area contributed by atoms with Crippen LogP contribution >= 0.6 is 0 Å². The van der Waals surface area contributed by atoms with Crippen molar-refractivity contribution >= 4 is 16.7 Å². The maximum atomic E-state index is 11.8. The summed E-state index contributed by atoms with van der Waals surface area (Å²) in [5.74, 6) is -0.424. The number of hydrogen-bond acceptors (Lipinski definition) is 2. The van der Waals surface area contributed by atoms with Gasteiger partial charge in [-0.15, -0.1) is 0 Å². The first-order valence-electron chi connectivity index (χ1n) is 9.22. The van der Waals surface area contributed by atoms with Crippen molar-refractivity contribution < 1.29 is 14.6 Å². The van der Waals surface area contributed by atoms with Gasteiger partial charge in [0.1, 0.15) is 5.75 Å². The molecule has 0 radical (unpaired) electrons. The molecule has 4 aromatic rings. The highest BCUT2D eigenvalue weighted by molar-refractivity contribution is 5.86. The number of carboxylic acid groups (broad SMARTS) is 1. The van der Waals surface area contributed by atoms with Gasteiger partial charge in [0.15, 0.2) is 6.10 Å². The van der Waals surface area contributed by atoms with Gasteiger partial charge < -0.3 is 9.84 Å². The lowest BCUT2D eigenvalue weighted by atomic mass is 10.00. The molecule has 0 unspecified atom stereocenters. The minimum absolute atomic E-state index is 0.303. The molecule has 0 heterocycles. The SMILES string of the molecule is O=C(O)[C@@H](Cc1cccc2ccccc12)Oc1ccc(-c2ccccc2)cc1. The minimum atomic E-state index is -0.972. The van der Waals surface area contributed by atoms with E-state index in [9.17, 15) is 9.90 Å². The summed E-state index contributed by atoms with van der Waals surface area (Å²) >= 11 is 0. The summed E-state index contributed by atoms with van der Waals surface area (Å²) < 4.78 is 5.82. The second-order valence-electron chi connectivity index (χ2n) is 6.68. The highest BCUT2D eigenvalue weighted by atomic mass is 16.5. The summed E-state index contributed by atoms with van der Waals surface area (Å²) in [6.45, 7) is 0. The van der Waals surface area contributed by atoms with Crippen molar-refractivity contribution in [3.05, 3.63) is 103 Å². The van der Waals surface area contributed by atoms with E-state index in [0.29, 0.717) is 12.2 Å². The second-order valence-corrected chi connectivity index (χ2v) is 6.68. The molecule has 0 aliphatic rings. The third-order valence-electron chi connectivity index (χ3n) is 4.80. The quantitative estimate of drug-likeness (QED) is 0.483. The maximum absolute atomic E-state index is 11.8. The largest absolute Gasteiger partial charge is 0.478 e. The molecule has 0 saturated carbocycles. The van der Waals surface area contributed by atoms with Crippen LogP contribution in [0.5, 0.6) is 5.75 Å². The molecule has 4 rings (SSSR count). The maximum Gasteiger partial charge on any atom is 0.345 e. The van der Waals surface area contributed by atoms with Crippen LogP contribution in [0.15, 0.2) is 97.1 Å². The number of rotatable bonds is 6. The topological polar surface area (TPSA) is 46.5 Å². The molecule has 0 saturated heterocycles. The zero-order valence-electron chi connectivity index (χ0n) is 15.3. The summed E-state index contributed by atoms with van der Waals surface area (Å²) in [4.78, 5) is 11.8. The Hall–Kier alpha value is -3.59. The molecular weight excluding hydrogens is 348 g/mol. The van der Waals surface area contributed by atoms with E-state index in [1.54, 1.807) is 0 Å². The van der Waals surface area contributed by atoms with E-state index >= 15 is 0 Å². The summed E-state index contributed by atoms with van der Waals surface area (Å²) in [6, 6.07) is 31.5. The van der Waals surface area contributed by atoms with Crippen molar-refractivity contribution in [3.63, 3.8) is 0 Å². The number of benzene rings is 4. The van der Waals surface area contributed by atoms with Gasteiger partial charge in [0.2, 0.25) is 0 Å². The first-order chi connectivity index (χ1) is 13.7. The van der Waals surface area contributed by atoms with Crippen molar-refractivity contribution in [2.75, 3.05) is 0 Å². The van der Waals surface area contributed by atoms with Gasteiger partial charge in [0, 0.05) is 6.42 Å². The Balaban J connectivity index is 1.55. The average molecular weight is 368 g/mol. The Morgan fingerprint density at radius 2 is 1.39 bits per heavy atom. The van der Waals surface area contributed by atoms with Gasteiger partial charge in [-0.3, -0.25) is 0 Å². The zero-order valence-corrected chi connectivity index (χ0v) is 15.3. The molecule has 0 spiro atoms. The van der Waals surface area contributed by atoms with Crippen LogP contribution in [-0.4, -0.2) is 17.2 Å². The van der Waals surface area contributed by atoms with Gasteiger partial charge in [0.25, 0.3) is 0 Å². The van der Waals surface area contributed by atoms with Crippen LogP contribution in [0, 0.1) is 0 Å². The van der Waals surface area contributed by atoms with Gasteiger partial charge in [-0.25, -0.2) is 4.79 Å². The van der Waals surface area contributed by atoms with Crippen molar-refractivity contribution in [1.29, 1.82) is 0 Å². The first kappa shape index (κ1) is 17.8. The summed E-state index contributed by atoms with van der Waals surface area (Å²) in [6.07, 6.45) is -0.648. The van der Waals surface area contributed by atoms with E-state index in [-0.39, 0.29) is 0 Å². The number of hydrogen-bond donors (Lipinski definition) is 1. The fourth-order valence-electron chi connectivity index (χ4n) is 3.37. The van der Waals surface area contributed by atoms with Crippen molar-refractivity contribution in [1.82, 2.24) is 0 Å². The first-order valence-corrected chi connectivity index (χ1v) is 9.22. The minimum Gasteiger partial charge on any atom is -0.478 e. The molecule has 138 valence electrons. The smallest absolute Gasteiger partial charge is 0.345 e. The van der Waals surface area contributed by atoms with E-state index < -0.39 is 12.1 Å². The predicted molar refractivity (Wildman–Crippen MR) is 112 cm³/mol. The normalized spacial score (nSPS) is 11.9. The van der Waals surface area contributed by atoms with E-state index in [4.69, 9.17) is 4.74 Å². The highest BCUT2D eigenvalue weighted by Crippen LogP contribution is 2.25. The van der Waals surface area contributed by atoms with Gasteiger partial charge >= 0.3 is 5.97 Å². The highest BCUT2D eigenvalue weighted by Gasteiger charge is 2.21. The molecule has 3 nitrogen and oxygen atoms in total. The summed E-state index contributed by atoms with van der Waals surface area (Å²) in [7, 11) is 0. The molecule has 0 aromatic heterocycles. The Morgan fingerprint density at radius 3 is 2.14 bits per heavy atom. The Kier molecular flexibility index (Phi) is 5.07. The molecule has 0 bridgehead atoms. The molecule has 0 aliphatic carbocycles. The van der Waals surface area contributed by atoms with Crippen LogP contribution in [0.4, 0.5) is 0 Å². The Labute approximate surface area is 163 Å². The molecule has 1 atom stereocenters. The van der Waals surface area contributed by atoms with Crippen LogP contribution in [0.3, 0.4) is 0 Å². The second kappa shape index (κ2) is 7.97. The zero-order chi connectivity index (χ0) is 19.3. The van der Waals surface area contributed by atoms with Crippen LogP contribution in [-0.2, 0) is 11.2 Å². The van der Waals surface area contributed by atoms with Gasteiger partial charge in [-0.1, -0.05) is 84.9 Å². The molecule has 28 heavy (non-hydrogen) atoms. The number of ether oxygens (including phenoxy) is 1. The number of carboxylic acids is 1. The molecule has 3 heteroatoms. The van der Waals surface area contributed by atoms with Gasteiger partial charge in [-0.05, 0) is 39.6 Å². The molecule has 4 aromatic carbocycles. The van der Waals surface area contributed by atoms with Crippen LogP contribution in [0.1, 0.15) is 5.56 Å². The van der Waals surface area contributed by atoms with Crippen LogP contribution in [0.25, 0.3) is 21.9 Å². The fourth-order valence-corrected chi connectivity index (χ4v) is 3.37. The lowest BCUT2D eigenvalue weighted by Crippen LogP contribution is -2.29. The van der Waals surface area contributed by atoms with Gasteiger partial charge in [0.05, 0.1) is 0 Å². The molecule has 0 fully saturated rings. The standard InChI is InChI=1S/C25H20O3/c26-25(27)24(17-21-11-6-10-20-9-4-5-12-23(20)21)28-22-15-13-19(14-16-22)18-7-2-1-3-8-18/h1-16,24H,17H2,(H,26,27)/t24-/m1/s1. The number of carbonyl (C=O) groups is 1. The Morgan fingerprint density at radius 1 is 0.750 bits per heavy atom. The van der Waals surface area contributed by atoms with E-state index in [1.807, 2.05) is 97.1 Å². The third-order valence-corrected chi connectivity index (χ3v) is 4.80. The van der Waals surface area contributed by atoms with Crippen molar-refractivity contribution in [3.8, 4) is 16.9 Å². The van der Waals surface area contributed by atoms with E-state index in [0.717, 1.165) is 27.5 Å². The molecule has 1 N–H and O–H groups in total. The monoisotopic (exact) mass is 368 g/mol. The van der Waals surface area contributed by atoms with Gasteiger partial charge in [-0.2, -0.15) is 0 Å². The van der Waals surface area contributed by atoms with E-state index in [2.05, 4.69) is 0 Å². The van der Waals surface area contributed by atoms with Crippen LogP contribution in [0.2, 0.25) is 0 Å². The van der Waals surface area contributed by atoms with Crippen molar-refractivity contribution in [2.45, 2.75) is 12.5 Å². The number of aliphatic carboxylic acids is 1. The molecule has 0 amide bonds. The lowest BCUT2D eigenvalue weighted by molar-refractivity contribution is -0.145. The molecular formula is C25H20O3. The summed E-state index contributed by atoms with van der Waals surface area (Å²) in [5, 5.41) is 11.8. The average Bonchev–Trinajstić information content (AvgIpc) is 2.74. The number of fused-ring (bicyclic) bond motifs is 1. The fraction of sp³-hybridized carbons (Fsp3) is 0.0800. The predicted octanol–water partition coefficient (Wildman–Crippen LogP) is 5.58. The third kappa shape index (κ3) is 3.89. The molecule has 0 aliphatic heterocycles. The van der Waals surface area contributed by atoms with E-state index in [1.165, 1.54) is 0 Å². The lowest BCUT2D eigenvalue weighted by Gasteiger charge is -2.17. The summed E-state index contributed by atoms with van der Waals surface area (Å²) in [5.41, 5.74) is 3.14. The Bertz CT molecular complexity index is 1080. The van der Waals surface area contributed by atoms with Crippen molar-refractivity contribution in [2.24, 2.45) is 0 Å². The van der Waals surface area contributed by atoms with Crippen LogP contribution < -0.4 is 4.74 Å².